The molecule has 0 radical (unpaired) electrons. The fourth-order valence-electron chi connectivity index (χ4n) is 2.76. The molecule has 3 aromatic rings. The molecule has 3 rings (SSSR count). The zero-order chi connectivity index (χ0) is 18.0. The Morgan fingerprint density at radius 3 is 2.36 bits per heavy atom. The van der Waals surface area contributed by atoms with Crippen molar-refractivity contribution in [2.75, 3.05) is 13.7 Å². The van der Waals surface area contributed by atoms with Crippen molar-refractivity contribution in [3.05, 3.63) is 64.9 Å². The molecule has 0 aliphatic heterocycles. The van der Waals surface area contributed by atoms with Gasteiger partial charge in [0.2, 0.25) is 0 Å². The van der Waals surface area contributed by atoms with E-state index in [4.69, 9.17) is 13.9 Å². The monoisotopic (exact) mass is 338 g/mol. The molecule has 5 heteroatoms. The number of fused-ring (bicyclic) bond motifs is 1. The summed E-state index contributed by atoms with van der Waals surface area (Å²) in [6, 6.07) is 11.9. The maximum Gasteiger partial charge on any atom is 0.337 e. The SMILES string of the molecule is CCOc1ccc(C(=O)c2c(C)oc3ccc(C(=O)OC)cc23)cc1. The Morgan fingerprint density at radius 2 is 1.72 bits per heavy atom. The predicted molar refractivity (Wildman–Crippen MR) is 93.3 cm³/mol. The molecule has 0 saturated carbocycles. The number of aryl methyl sites for hydroxylation is 1. The van der Waals surface area contributed by atoms with Gasteiger partial charge in [0.05, 0.1) is 24.8 Å². The molecule has 1 heterocycles. The van der Waals surface area contributed by atoms with Crippen molar-refractivity contribution in [1.29, 1.82) is 0 Å². The molecular weight excluding hydrogens is 320 g/mol. The number of hydrogen-bond donors (Lipinski definition) is 0. The lowest BCUT2D eigenvalue weighted by atomic mass is 9.99. The maximum absolute atomic E-state index is 12.9. The summed E-state index contributed by atoms with van der Waals surface area (Å²) in [5, 5.41) is 0.597. The van der Waals surface area contributed by atoms with Crippen LogP contribution in [0.25, 0.3) is 11.0 Å². The fraction of sp³-hybridized carbons (Fsp3) is 0.200. The topological polar surface area (TPSA) is 65.7 Å². The van der Waals surface area contributed by atoms with Gasteiger partial charge in [-0.25, -0.2) is 4.79 Å². The zero-order valence-electron chi connectivity index (χ0n) is 14.3. The normalized spacial score (nSPS) is 10.7. The number of methoxy groups -OCH3 is 1. The Balaban J connectivity index is 2.05. The molecule has 0 unspecified atom stereocenters. The van der Waals surface area contributed by atoms with E-state index in [9.17, 15) is 9.59 Å². The number of carbonyl (C=O) groups excluding carboxylic acids is 2. The lowest BCUT2D eigenvalue weighted by molar-refractivity contribution is 0.0600. The molecule has 0 bridgehead atoms. The first-order valence-electron chi connectivity index (χ1n) is 7.94. The molecule has 0 aliphatic rings. The summed E-state index contributed by atoms with van der Waals surface area (Å²) < 4.78 is 15.8. The highest BCUT2D eigenvalue weighted by molar-refractivity contribution is 6.17. The number of furan rings is 1. The van der Waals surface area contributed by atoms with E-state index in [-0.39, 0.29) is 5.78 Å². The number of hydrogen-bond acceptors (Lipinski definition) is 5. The smallest absolute Gasteiger partial charge is 0.337 e. The molecule has 1 aromatic heterocycles. The van der Waals surface area contributed by atoms with Crippen LogP contribution in [0, 0.1) is 6.92 Å². The second-order valence-corrected chi connectivity index (χ2v) is 5.52. The molecule has 0 aliphatic carbocycles. The Hall–Kier alpha value is -3.08. The van der Waals surface area contributed by atoms with E-state index in [0.29, 0.717) is 45.8 Å². The molecule has 0 atom stereocenters. The van der Waals surface area contributed by atoms with Crippen molar-refractivity contribution in [3.63, 3.8) is 0 Å². The van der Waals surface area contributed by atoms with Gasteiger partial charge >= 0.3 is 5.97 Å². The van der Waals surface area contributed by atoms with Gasteiger partial charge in [-0.05, 0) is 56.3 Å². The molecule has 0 N–H and O–H groups in total. The van der Waals surface area contributed by atoms with Crippen LogP contribution in [-0.4, -0.2) is 25.5 Å². The zero-order valence-corrected chi connectivity index (χ0v) is 14.3. The third-order valence-electron chi connectivity index (χ3n) is 3.94. The van der Waals surface area contributed by atoms with Crippen LogP contribution in [0.4, 0.5) is 0 Å². The van der Waals surface area contributed by atoms with Crippen molar-refractivity contribution in [3.8, 4) is 5.75 Å². The highest BCUT2D eigenvalue weighted by atomic mass is 16.5. The van der Waals surface area contributed by atoms with Crippen LogP contribution < -0.4 is 4.74 Å². The van der Waals surface area contributed by atoms with Gasteiger partial charge in [-0.1, -0.05) is 0 Å². The minimum Gasteiger partial charge on any atom is -0.494 e. The average molecular weight is 338 g/mol. The highest BCUT2D eigenvalue weighted by Crippen LogP contribution is 2.29. The molecule has 5 nitrogen and oxygen atoms in total. The van der Waals surface area contributed by atoms with Crippen molar-refractivity contribution >= 4 is 22.7 Å². The maximum atomic E-state index is 12.9. The molecule has 0 saturated heterocycles. The van der Waals surface area contributed by atoms with E-state index >= 15 is 0 Å². The standard InChI is InChI=1S/C20H18O5/c1-4-24-15-8-5-13(6-9-15)19(21)18-12(2)25-17-10-7-14(11-16(17)18)20(22)23-3/h5-11H,4H2,1-3H3. The first-order chi connectivity index (χ1) is 12.0. The van der Waals surface area contributed by atoms with E-state index in [1.165, 1.54) is 7.11 Å². The van der Waals surface area contributed by atoms with Gasteiger partial charge in [-0.15, -0.1) is 0 Å². The third-order valence-corrected chi connectivity index (χ3v) is 3.94. The first-order valence-corrected chi connectivity index (χ1v) is 7.94. The Bertz CT molecular complexity index is 935. The van der Waals surface area contributed by atoms with Crippen molar-refractivity contribution in [2.24, 2.45) is 0 Å². The molecular formula is C20H18O5. The van der Waals surface area contributed by atoms with E-state index in [0.717, 1.165) is 0 Å². The average Bonchev–Trinajstić information content (AvgIpc) is 2.96. The molecule has 0 spiro atoms. The number of rotatable bonds is 5. The number of esters is 1. The largest absolute Gasteiger partial charge is 0.494 e. The minimum atomic E-state index is -0.458. The van der Waals surface area contributed by atoms with Gasteiger partial charge in [0.15, 0.2) is 5.78 Å². The van der Waals surface area contributed by atoms with E-state index in [2.05, 4.69) is 0 Å². The number of ketones is 1. The second-order valence-electron chi connectivity index (χ2n) is 5.52. The van der Waals surface area contributed by atoms with Crippen molar-refractivity contribution in [1.82, 2.24) is 0 Å². The van der Waals surface area contributed by atoms with Crippen LogP contribution in [0.1, 0.15) is 39.0 Å². The third kappa shape index (κ3) is 3.13. The summed E-state index contributed by atoms with van der Waals surface area (Å²) in [6.07, 6.45) is 0. The van der Waals surface area contributed by atoms with Crippen LogP contribution in [0.5, 0.6) is 5.75 Å². The van der Waals surface area contributed by atoms with Gasteiger partial charge in [0.1, 0.15) is 17.1 Å². The summed E-state index contributed by atoms with van der Waals surface area (Å²) in [5.74, 6) is 0.596. The summed E-state index contributed by atoms with van der Waals surface area (Å²) in [6.45, 7) is 4.20. The Morgan fingerprint density at radius 1 is 1.04 bits per heavy atom. The Kier molecular flexibility index (Phi) is 4.57. The Labute approximate surface area is 145 Å². The van der Waals surface area contributed by atoms with Crippen LogP contribution in [0.3, 0.4) is 0 Å². The molecule has 2 aromatic carbocycles. The second kappa shape index (κ2) is 6.81. The van der Waals surface area contributed by atoms with Crippen LogP contribution in [0.2, 0.25) is 0 Å². The van der Waals surface area contributed by atoms with E-state index in [1.807, 2.05) is 6.92 Å². The van der Waals surface area contributed by atoms with Crippen LogP contribution in [0.15, 0.2) is 46.9 Å². The summed E-state index contributed by atoms with van der Waals surface area (Å²) in [4.78, 5) is 24.7. The quantitative estimate of drug-likeness (QED) is 0.516. The van der Waals surface area contributed by atoms with Crippen molar-refractivity contribution in [2.45, 2.75) is 13.8 Å². The lowest BCUT2D eigenvalue weighted by Crippen LogP contribution is -2.04. The summed E-state index contributed by atoms with van der Waals surface area (Å²) in [5.41, 5.74) is 1.90. The van der Waals surface area contributed by atoms with Gasteiger partial charge < -0.3 is 13.9 Å². The molecule has 128 valence electrons. The molecule has 25 heavy (non-hydrogen) atoms. The minimum absolute atomic E-state index is 0.165. The molecule has 0 fully saturated rings. The van der Waals surface area contributed by atoms with Crippen molar-refractivity contribution < 1.29 is 23.5 Å². The van der Waals surface area contributed by atoms with Gasteiger partial charge in [0.25, 0.3) is 0 Å². The van der Waals surface area contributed by atoms with Crippen LogP contribution in [-0.2, 0) is 4.74 Å². The van der Waals surface area contributed by atoms with Gasteiger partial charge in [-0.3, -0.25) is 4.79 Å². The summed E-state index contributed by atoms with van der Waals surface area (Å²) in [7, 11) is 1.32. The number of benzene rings is 2. The number of carbonyl (C=O) groups is 2. The fourth-order valence-corrected chi connectivity index (χ4v) is 2.76. The highest BCUT2D eigenvalue weighted by Gasteiger charge is 2.21. The lowest BCUT2D eigenvalue weighted by Gasteiger charge is -2.05. The molecule has 0 amide bonds. The van der Waals surface area contributed by atoms with Crippen LogP contribution >= 0.6 is 0 Å². The van der Waals surface area contributed by atoms with Gasteiger partial charge in [0, 0.05) is 10.9 Å². The van der Waals surface area contributed by atoms with Gasteiger partial charge in [-0.2, -0.15) is 0 Å². The number of ether oxygens (including phenoxy) is 2. The predicted octanol–water partition coefficient (Wildman–Crippen LogP) is 4.16. The summed E-state index contributed by atoms with van der Waals surface area (Å²) >= 11 is 0. The van der Waals surface area contributed by atoms with E-state index in [1.54, 1.807) is 49.4 Å². The van der Waals surface area contributed by atoms with E-state index < -0.39 is 5.97 Å². The first kappa shape index (κ1) is 16.8.